The predicted octanol–water partition coefficient (Wildman–Crippen LogP) is 6.41. The number of aromatic nitrogens is 2. The molecule has 4 heterocycles. The van der Waals surface area contributed by atoms with Crippen molar-refractivity contribution in [2.24, 2.45) is 0 Å². The minimum Gasteiger partial charge on any atom is -0.496 e. The third-order valence-corrected chi connectivity index (χ3v) is 8.00. The van der Waals surface area contributed by atoms with Gasteiger partial charge in [-0.1, -0.05) is 0 Å². The van der Waals surface area contributed by atoms with Gasteiger partial charge >= 0.3 is 0 Å². The Morgan fingerprint density at radius 3 is 2.62 bits per heavy atom. The van der Waals surface area contributed by atoms with E-state index in [0.717, 1.165) is 44.4 Å². The Kier molecular flexibility index (Phi) is 5.53. The topological polar surface area (TPSA) is 56.6 Å². The van der Waals surface area contributed by atoms with E-state index in [4.69, 9.17) is 14.6 Å². The first-order chi connectivity index (χ1) is 16.2. The largest absolute Gasteiger partial charge is 0.496 e. The molecule has 0 saturated carbocycles. The molecule has 1 aliphatic rings. The van der Waals surface area contributed by atoms with Crippen LogP contribution in [0.25, 0.3) is 27.4 Å². The molecule has 0 fully saturated rings. The van der Waals surface area contributed by atoms with Crippen molar-refractivity contribution < 1.29 is 14.3 Å². The van der Waals surface area contributed by atoms with Crippen LogP contribution < -0.4 is 9.47 Å². The molecule has 34 heavy (non-hydrogen) atoms. The van der Waals surface area contributed by atoms with Gasteiger partial charge < -0.3 is 14.4 Å². The molecule has 1 aliphatic heterocycles. The first-order valence-corrected chi connectivity index (χ1v) is 12.8. The SMILES string of the molecule is COc1cc2c(cc1-c1sccc1C)-c1c(c(C(=O)N(C)C(C)(C)C)nn1-c1ccsc1)CO2. The van der Waals surface area contributed by atoms with E-state index >= 15 is 0 Å². The second kappa shape index (κ2) is 8.29. The van der Waals surface area contributed by atoms with Crippen LogP contribution in [0.4, 0.5) is 0 Å². The van der Waals surface area contributed by atoms with Crippen molar-refractivity contribution >= 4 is 28.6 Å². The first kappa shape index (κ1) is 22.7. The number of hydrogen-bond donors (Lipinski definition) is 0. The van der Waals surface area contributed by atoms with Crippen molar-refractivity contribution in [1.82, 2.24) is 14.7 Å². The number of carbonyl (C=O) groups excluding carboxylic acids is 1. The zero-order valence-corrected chi connectivity index (χ0v) is 21.8. The number of methoxy groups -OCH3 is 1. The van der Waals surface area contributed by atoms with Gasteiger partial charge in [0.1, 0.15) is 18.1 Å². The second-order valence-electron chi connectivity index (χ2n) is 9.37. The Balaban J connectivity index is 1.76. The minimum absolute atomic E-state index is 0.118. The maximum atomic E-state index is 13.5. The third-order valence-electron chi connectivity index (χ3n) is 6.28. The summed E-state index contributed by atoms with van der Waals surface area (Å²) in [5.74, 6) is 1.37. The molecule has 0 N–H and O–H groups in total. The monoisotopic (exact) mass is 493 g/mol. The highest BCUT2D eigenvalue weighted by Crippen LogP contribution is 2.47. The lowest BCUT2D eigenvalue weighted by Gasteiger charge is -2.31. The average Bonchev–Trinajstić information content (AvgIpc) is 3.55. The zero-order chi connectivity index (χ0) is 24.2. The van der Waals surface area contributed by atoms with Gasteiger partial charge in [0.05, 0.1) is 18.5 Å². The molecule has 0 unspecified atom stereocenters. The molecular formula is C26H27N3O3S2. The van der Waals surface area contributed by atoms with Crippen molar-refractivity contribution in [2.75, 3.05) is 14.2 Å². The van der Waals surface area contributed by atoms with Gasteiger partial charge in [-0.2, -0.15) is 16.4 Å². The number of benzene rings is 1. The summed E-state index contributed by atoms with van der Waals surface area (Å²) >= 11 is 3.28. The Bertz CT molecular complexity index is 1380. The summed E-state index contributed by atoms with van der Waals surface area (Å²) in [6.07, 6.45) is 0. The average molecular weight is 494 g/mol. The predicted molar refractivity (Wildman–Crippen MR) is 138 cm³/mol. The summed E-state index contributed by atoms with van der Waals surface area (Å²) in [6, 6.07) is 8.18. The van der Waals surface area contributed by atoms with Crippen LogP contribution in [0.15, 0.2) is 40.4 Å². The summed E-state index contributed by atoms with van der Waals surface area (Å²) in [5.41, 5.74) is 5.81. The molecule has 0 saturated heterocycles. The van der Waals surface area contributed by atoms with E-state index < -0.39 is 0 Å². The van der Waals surface area contributed by atoms with E-state index in [1.54, 1.807) is 34.7 Å². The van der Waals surface area contributed by atoms with Crippen molar-refractivity contribution in [2.45, 2.75) is 39.8 Å². The number of rotatable bonds is 4. The highest BCUT2D eigenvalue weighted by Gasteiger charge is 2.34. The van der Waals surface area contributed by atoms with Crippen LogP contribution in [0.5, 0.6) is 11.5 Å². The number of thiophene rings is 2. The second-order valence-corrected chi connectivity index (χ2v) is 11.1. The van der Waals surface area contributed by atoms with Gasteiger partial charge in [0, 0.05) is 45.6 Å². The van der Waals surface area contributed by atoms with Crippen molar-refractivity contribution in [3.05, 3.63) is 57.2 Å². The minimum atomic E-state index is -0.333. The molecule has 0 bridgehead atoms. The van der Waals surface area contributed by atoms with Crippen LogP contribution in [0, 0.1) is 6.92 Å². The number of nitrogens with zero attached hydrogens (tertiary/aromatic N) is 3. The standard InChI is InChI=1S/C26H27N3O3S2/c1-15-7-10-34-24(15)18-11-17-21(12-20(18)31-6)32-13-19-22(25(30)28(5)26(2,3)4)27-29(23(17)19)16-8-9-33-14-16/h7-12,14H,13H2,1-6H3. The lowest BCUT2D eigenvalue weighted by atomic mass is 9.97. The molecule has 0 spiro atoms. The fourth-order valence-electron chi connectivity index (χ4n) is 4.07. The van der Waals surface area contributed by atoms with Crippen LogP contribution in [0.3, 0.4) is 0 Å². The molecule has 0 atom stereocenters. The zero-order valence-electron chi connectivity index (χ0n) is 20.1. The number of carbonyl (C=O) groups is 1. The van der Waals surface area contributed by atoms with Gasteiger partial charge in [-0.25, -0.2) is 4.68 Å². The summed E-state index contributed by atoms with van der Waals surface area (Å²) in [6.45, 7) is 8.41. The van der Waals surface area contributed by atoms with E-state index in [1.807, 2.05) is 55.4 Å². The van der Waals surface area contributed by atoms with Gasteiger partial charge in [0.15, 0.2) is 5.69 Å². The normalized spacial score (nSPS) is 12.6. The first-order valence-electron chi connectivity index (χ1n) is 11.0. The summed E-state index contributed by atoms with van der Waals surface area (Å²) in [7, 11) is 3.50. The van der Waals surface area contributed by atoms with Gasteiger partial charge in [0.25, 0.3) is 5.91 Å². The molecule has 6 nitrogen and oxygen atoms in total. The van der Waals surface area contributed by atoms with Crippen LogP contribution in [-0.4, -0.2) is 40.3 Å². The molecule has 1 amide bonds. The maximum absolute atomic E-state index is 13.5. The third kappa shape index (κ3) is 3.61. The van der Waals surface area contributed by atoms with Crippen LogP contribution in [-0.2, 0) is 6.61 Å². The highest BCUT2D eigenvalue weighted by molar-refractivity contribution is 7.13. The van der Waals surface area contributed by atoms with E-state index in [2.05, 4.69) is 24.4 Å². The van der Waals surface area contributed by atoms with E-state index in [1.165, 1.54) is 5.56 Å². The Labute approximate surface area is 207 Å². The maximum Gasteiger partial charge on any atom is 0.274 e. The molecule has 176 valence electrons. The number of ether oxygens (including phenoxy) is 2. The molecule has 0 aliphatic carbocycles. The van der Waals surface area contributed by atoms with Crippen molar-refractivity contribution in [3.8, 4) is 38.9 Å². The van der Waals surface area contributed by atoms with E-state index in [9.17, 15) is 4.79 Å². The van der Waals surface area contributed by atoms with Gasteiger partial charge in [-0.15, -0.1) is 11.3 Å². The molecule has 5 rings (SSSR count). The van der Waals surface area contributed by atoms with Crippen LogP contribution in [0.1, 0.15) is 42.4 Å². The van der Waals surface area contributed by atoms with Gasteiger partial charge in [0.2, 0.25) is 0 Å². The Morgan fingerprint density at radius 1 is 1.21 bits per heavy atom. The summed E-state index contributed by atoms with van der Waals surface area (Å²) in [4.78, 5) is 16.4. The number of aryl methyl sites for hydroxylation is 1. The van der Waals surface area contributed by atoms with Crippen LogP contribution >= 0.6 is 22.7 Å². The number of fused-ring (bicyclic) bond motifs is 3. The highest BCUT2D eigenvalue weighted by atomic mass is 32.1. The summed E-state index contributed by atoms with van der Waals surface area (Å²) < 4.78 is 13.8. The molecule has 8 heteroatoms. The Hall–Kier alpha value is -3.10. The lowest BCUT2D eigenvalue weighted by Crippen LogP contribution is -2.43. The van der Waals surface area contributed by atoms with Crippen molar-refractivity contribution in [3.63, 3.8) is 0 Å². The fourth-order valence-corrected chi connectivity index (χ4v) is 5.64. The molecule has 3 aromatic heterocycles. The lowest BCUT2D eigenvalue weighted by molar-refractivity contribution is 0.0646. The number of hydrogen-bond acceptors (Lipinski definition) is 6. The van der Waals surface area contributed by atoms with Gasteiger partial charge in [-0.05, 0) is 62.2 Å². The Morgan fingerprint density at radius 2 is 2.00 bits per heavy atom. The molecule has 4 aromatic rings. The fraction of sp³-hybridized carbons (Fsp3) is 0.308. The van der Waals surface area contributed by atoms with Crippen LogP contribution in [0.2, 0.25) is 0 Å². The summed E-state index contributed by atoms with van der Waals surface area (Å²) in [5, 5.41) is 11.0. The van der Waals surface area contributed by atoms with E-state index in [-0.39, 0.29) is 18.1 Å². The smallest absolute Gasteiger partial charge is 0.274 e. The van der Waals surface area contributed by atoms with Gasteiger partial charge in [-0.3, -0.25) is 4.79 Å². The number of amides is 1. The molecule has 1 aromatic carbocycles. The quantitative estimate of drug-likeness (QED) is 0.330. The van der Waals surface area contributed by atoms with Crippen molar-refractivity contribution in [1.29, 1.82) is 0 Å². The molecular weight excluding hydrogens is 466 g/mol. The molecule has 0 radical (unpaired) electrons. The van der Waals surface area contributed by atoms with E-state index in [0.29, 0.717) is 5.69 Å².